The second-order valence-electron chi connectivity index (χ2n) is 10.6. The first kappa shape index (κ1) is 23.9. The Bertz CT molecular complexity index is 2030. The quantitative estimate of drug-likeness (QED) is 0.222. The van der Waals surface area contributed by atoms with Crippen molar-refractivity contribution in [2.75, 3.05) is 6.26 Å². The molecule has 4 aromatic heterocycles. The number of hydrogen-bond acceptors (Lipinski definition) is 5. The van der Waals surface area contributed by atoms with Crippen LogP contribution in [0, 0.1) is 24.4 Å². The summed E-state index contributed by atoms with van der Waals surface area (Å²) in [4.78, 5) is 12.5. The molecule has 0 radical (unpaired) electrons. The molecule has 12 heteroatoms. The molecule has 1 fully saturated rings. The van der Waals surface area contributed by atoms with E-state index in [4.69, 9.17) is 4.11 Å². The molecular formula is C29H27F4N5O2S. The van der Waals surface area contributed by atoms with Gasteiger partial charge in [0.15, 0.2) is 9.84 Å². The molecule has 1 aromatic carbocycles. The third kappa shape index (κ3) is 4.67. The van der Waals surface area contributed by atoms with Gasteiger partial charge in [-0.05, 0) is 55.9 Å². The lowest BCUT2D eigenvalue weighted by molar-refractivity contribution is -0.0495. The molecule has 7 nitrogen and oxygen atoms in total. The molecule has 0 bridgehead atoms. The standard InChI is InChI=1S/C29H27F4N5O2S/c1-16-27(37(2)15-36-16)18-11-23-26(35-14-18)24-21(31)12-19(41(3,39)40)13-22(24)38(23)28(25-20(30)5-4-10-34-25)17-6-8-29(32,33)9-7-17/h4-5,10-15,17,28H,6-9H2,1-3H3/i1D3. The van der Waals surface area contributed by atoms with E-state index in [1.54, 1.807) is 13.1 Å². The number of alkyl halides is 2. The minimum atomic E-state index is -3.92. The summed E-state index contributed by atoms with van der Waals surface area (Å²) in [5, 5.41) is -0.0533. The Balaban J connectivity index is 1.73. The van der Waals surface area contributed by atoms with Gasteiger partial charge >= 0.3 is 0 Å². The average Bonchev–Trinajstić information content (AvgIpc) is 3.48. The molecule has 6 rings (SSSR count). The molecule has 1 aliphatic rings. The van der Waals surface area contributed by atoms with Crippen LogP contribution in [0.25, 0.3) is 33.2 Å². The van der Waals surface area contributed by atoms with Crippen molar-refractivity contribution in [3.63, 3.8) is 0 Å². The van der Waals surface area contributed by atoms with Crippen molar-refractivity contribution in [3.8, 4) is 11.3 Å². The van der Waals surface area contributed by atoms with Crippen molar-refractivity contribution >= 4 is 31.8 Å². The number of pyridine rings is 2. The lowest BCUT2D eigenvalue weighted by Gasteiger charge is -2.35. The van der Waals surface area contributed by atoms with Crippen molar-refractivity contribution in [3.05, 3.63) is 72.1 Å². The van der Waals surface area contributed by atoms with Gasteiger partial charge in [0, 0.05) is 48.2 Å². The smallest absolute Gasteiger partial charge is 0.248 e. The number of aromatic nitrogens is 5. The van der Waals surface area contributed by atoms with E-state index in [0.29, 0.717) is 5.56 Å². The van der Waals surface area contributed by atoms with E-state index >= 15 is 8.78 Å². The van der Waals surface area contributed by atoms with Crippen LogP contribution in [0.2, 0.25) is 0 Å². The zero-order valence-electron chi connectivity index (χ0n) is 25.1. The van der Waals surface area contributed by atoms with E-state index < -0.39 is 59.0 Å². The van der Waals surface area contributed by atoms with E-state index in [9.17, 15) is 17.2 Å². The van der Waals surface area contributed by atoms with Gasteiger partial charge in [-0.1, -0.05) is 0 Å². The van der Waals surface area contributed by atoms with Crippen molar-refractivity contribution in [1.82, 2.24) is 24.1 Å². The van der Waals surface area contributed by atoms with Crippen LogP contribution < -0.4 is 0 Å². The molecule has 0 N–H and O–H groups in total. The molecule has 4 heterocycles. The van der Waals surface area contributed by atoms with E-state index in [-0.39, 0.29) is 56.8 Å². The summed E-state index contributed by atoms with van der Waals surface area (Å²) in [5.74, 6) is -5.11. The number of benzene rings is 1. The maximum atomic E-state index is 15.9. The van der Waals surface area contributed by atoms with Gasteiger partial charge in [0.05, 0.1) is 56.3 Å². The molecular weight excluding hydrogens is 558 g/mol. The molecule has 1 atom stereocenters. The molecule has 1 saturated carbocycles. The van der Waals surface area contributed by atoms with Crippen LogP contribution in [0.5, 0.6) is 0 Å². The van der Waals surface area contributed by atoms with Crippen LogP contribution in [-0.2, 0) is 16.9 Å². The lowest BCUT2D eigenvalue weighted by atomic mass is 9.80. The second-order valence-corrected chi connectivity index (χ2v) is 12.6. The third-order valence-corrected chi connectivity index (χ3v) is 8.95. The molecule has 5 aromatic rings. The van der Waals surface area contributed by atoms with Crippen molar-refractivity contribution in [2.45, 2.75) is 49.4 Å². The minimum Gasteiger partial charge on any atom is -0.333 e. The highest BCUT2D eigenvalue weighted by molar-refractivity contribution is 7.90. The molecule has 0 spiro atoms. The van der Waals surface area contributed by atoms with Gasteiger partial charge in [-0.2, -0.15) is 0 Å². The fourth-order valence-corrected chi connectivity index (χ4v) is 6.56. The van der Waals surface area contributed by atoms with Crippen LogP contribution in [0.15, 0.2) is 53.9 Å². The number of nitrogens with zero attached hydrogens (tertiary/aromatic N) is 5. The van der Waals surface area contributed by atoms with E-state index in [1.807, 2.05) is 0 Å². The van der Waals surface area contributed by atoms with Crippen LogP contribution in [0.3, 0.4) is 0 Å². The van der Waals surface area contributed by atoms with E-state index in [2.05, 4.69) is 15.0 Å². The number of rotatable bonds is 5. The fraction of sp³-hybridized carbons (Fsp3) is 0.345. The Morgan fingerprint density at radius 1 is 1.07 bits per heavy atom. The van der Waals surface area contributed by atoms with E-state index in [0.717, 1.165) is 12.3 Å². The van der Waals surface area contributed by atoms with Gasteiger partial charge in [0.25, 0.3) is 0 Å². The monoisotopic (exact) mass is 588 g/mol. The van der Waals surface area contributed by atoms with E-state index in [1.165, 1.54) is 46.1 Å². The van der Waals surface area contributed by atoms with Crippen LogP contribution in [-0.4, -0.2) is 44.7 Å². The Kier molecular flexibility index (Phi) is 5.61. The normalized spacial score (nSPS) is 18.3. The number of hydrogen-bond donors (Lipinski definition) is 0. The summed E-state index contributed by atoms with van der Waals surface area (Å²) in [6, 6.07) is 5.20. The summed E-state index contributed by atoms with van der Waals surface area (Å²) in [6.45, 7) is -2.58. The summed E-state index contributed by atoms with van der Waals surface area (Å²) >= 11 is 0. The fourth-order valence-electron chi connectivity index (χ4n) is 5.92. The first-order valence-corrected chi connectivity index (χ1v) is 14.8. The Morgan fingerprint density at radius 3 is 2.51 bits per heavy atom. The van der Waals surface area contributed by atoms with Crippen molar-refractivity contribution in [1.29, 1.82) is 0 Å². The number of halogens is 4. The predicted octanol–water partition coefficient (Wildman–Crippen LogP) is 6.39. The highest BCUT2D eigenvalue weighted by atomic mass is 32.2. The largest absolute Gasteiger partial charge is 0.333 e. The SMILES string of the molecule is [2H]C([2H])([2H])c1ncn(C)c1-c1cnc2c3c(F)cc(S(C)(=O)=O)cc3n(C(c3ncccc3F)C3CCC(F)(F)CC3)c2c1. The van der Waals surface area contributed by atoms with Gasteiger partial charge in [-0.3, -0.25) is 9.97 Å². The third-order valence-electron chi connectivity index (χ3n) is 7.86. The molecule has 41 heavy (non-hydrogen) atoms. The second kappa shape index (κ2) is 9.64. The van der Waals surface area contributed by atoms with Gasteiger partial charge in [-0.15, -0.1) is 0 Å². The molecule has 1 aliphatic carbocycles. The number of fused-ring (bicyclic) bond motifs is 3. The summed E-state index contributed by atoms with van der Waals surface area (Å²) < 4.78 is 112. The van der Waals surface area contributed by atoms with Crippen LogP contribution in [0.4, 0.5) is 17.6 Å². The maximum Gasteiger partial charge on any atom is 0.248 e. The molecule has 214 valence electrons. The molecule has 1 unspecified atom stereocenters. The number of sulfone groups is 1. The first-order valence-electron chi connectivity index (χ1n) is 14.4. The van der Waals surface area contributed by atoms with Crippen molar-refractivity contribution in [2.24, 2.45) is 13.0 Å². The predicted molar refractivity (Wildman–Crippen MR) is 146 cm³/mol. The molecule has 0 saturated heterocycles. The lowest BCUT2D eigenvalue weighted by Crippen LogP contribution is -2.31. The highest BCUT2D eigenvalue weighted by Gasteiger charge is 2.41. The van der Waals surface area contributed by atoms with Gasteiger partial charge < -0.3 is 9.13 Å². The Labute approximate surface area is 238 Å². The Hall–Kier alpha value is -3.80. The van der Waals surface area contributed by atoms with Crippen molar-refractivity contribution < 1.29 is 30.1 Å². The molecule has 0 amide bonds. The maximum absolute atomic E-state index is 15.9. The van der Waals surface area contributed by atoms with Crippen LogP contribution >= 0.6 is 0 Å². The molecule has 0 aliphatic heterocycles. The van der Waals surface area contributed by atoms with Gasteiger partial charge in [0.1, 0.15) is 11.6 Å². The Morgan fingerprint density at radius 2 is 1.83 bits per heavy atom. The van der Waals surface area contributed by atoms with Gasteiger partial charge in [-0.25, -0.2) is 31.0 Å². The number of imidazole rings is 1. The highest BCUT2D eigenvalue weighted by Crippen LogP contribution is 2.46. The average molecular weight is 589 g/mol. The minimum absolute atomic E-state index is 0.0128. The summed E-state index contributed by atoms with van der Waals surface area (Å²) in [6.07, 6.45) is 4.05. The topological polar surface area (TPSA) is 82.7 Å². The van der Waals surface area contributed by atoms with Gasteiger partial charge in [0.2, 0.25) is 5.92 Å². The zero-order valence-corrected chi connectivity index (χ0v) is 22.9. The number of aryl methyl sites for hydroxylation is 2. The summed E-state index contributed by atoms with van der Waals surface area (Å²) in [5.41, 5.74) is 0.599. The first-order chi connectivity index (χ1) is 20.6. The van der Waals surface area contributed by atoms with Crippen LogP contribution in [0.1, 0.15) is 47.2 Å². The summed E-state index contributed by atoms with van der Waals surface area (Å²) in [7, 11) is -2.32. The zero-order chi connectivity index (χ0) is 31.8.